The van der Waals surface area contributed by atoms with E-state index in [-0.39, 0.29) is 11.5 Å². The third-order valence-electron chi connectivity index (χ3n) is 6.18. The molecule has 3 heterocycles. The number of pyridine rings is 1. The first kappa shape index (κ1) is 22.8. The average Bonchev–Trinajstić information content (AvgIpc) is 3.19. The van der Waals surface area contributed by atoms with E-state index in [1.165, 1.54) is 0 Å². The molecule has 3 aromatic heterocycles. The van der Waals surface area contributed by atoms with Crippen molar-refractivity contribution < 1.29 is 4.79 Å². The fraction of sp³-hybridized carbons (Fsp3) is 0.185. The largest absolute Gasteiger partial charge is 0.344 e. The second-order valence-corrected chi connectivity index (χ2v) is 8.92. The van der Waals surface area contributed by atoms with Crippen molar-refractivity contribution in [3.63, 3.8) is 0 Å². The zero-order chi connectivity index (χ0) is 24.5. The molecule has 0 aliphatic carbocycles. The maximum Gasteiger partial charge on any atom is 0.260 e. The van der Waals surface area contributed by atoms with Crippen LogP contribution in [0.4, 0.5) is 0 Å². The van der Waals surface area contributed by atoms with E-state index >= 15 is 0 Å². The quantitative estimate of drug-likeness (QED) is 0.376. The van der Waals surface area contributed by atoms with Gasteiger partial charge in [0.25, 0.3) is 11.5 Å². The maximum atomic E-state index is 13.6. The Morgan fingerprint density at radius 3 is 2.71 bits per heavy atom. The van der Waals surface area contributed by atoms with Gasteiger partial charge in [-0.05, 0) is 49.4 Å². The first-order valence-corrected chi connectivity index (χ1v) is 11.8. The second kappa shape index (κ2) is 9.35. The van der Waals surface area contributed by atoms with Gasteiger partial charge >= 0.3 is 0 Å². The minimum Gasteiger partial charge on any atom is -0.344 e. The molecule has 1 N–H and O–H groups in total. The molecule has 2 aromatic carbocycles. The van der Waals surface area contributed by atoms with Crippen LogP contribution in [0.1, 0.15) is 40.3 Å². The van der Waals surface area contributed by atoms with Gasteiger partial charge in [-0.25, -0.2) is 9.50 Å². The zero-order valence-electron chi connectivity index (χ0n) is 19.4. The summed E-state index contributed by atoms with van der Waals surface area (Å²) in [7, 11) is 0. The highest BCUT2D eigenvalue weighted by molar-refractivity contribution is 6.35. The minimum absolute atomic E-state index is 0.172. The number of nitrogens with one attached hydrogen (secondary N) is 1. The molecule has 0 fully saturated rings. The Balaban J connectivity index is 1.54. The maximum absolute atomic E-state index is 13.6. The Morgan fingerprint density at radius 1 is 1.11 bits per heavy atom. The van der Waals surface area contributed by atoms with E-state index in [0.717, 1.165) is 10.9 Å². The van der Waals surface area contributed by atoms with Crippen LogP contribution >= 0.6 is 11.6 Å². The monoisotopic (exact) mass is 485 g/mol. The molecule has 0 aliphatic rings. The number of hydrogen-bond acceptors (Lipinski definition) is 4. The summed E-state index contributed by atoms with van der Waals surface area (Å²) >= 11 is 6.41. The van der Waals surface area contributed by atoms with E-state index in [0.29, 0.717) is 46.0 Å². The van der Waals surface area contributed by atoms with Crippen molar-refractivity contribution in [1.29, 1.82) is 0 Å². The third-order valence-corrected chi connectivity index (χ3v) is 6.49. The predicted molar refractivity (Wildman–Crippen MR) is 137 cm³/mol. The van der Waals surface area contributed by atoms with Crippen LogP contribution in [0, 0.1) is 6.92 Å². The lowest BCUT2D eigenvalue weighted by Gasteiger charge is -2.21. The van der Waals surface area contributed by atoms with Crippen molar-refractivity contribution in [3.8, 4) is 0 Å². The van der Waals surface area contributed by atoms with Gasteiger partial charge in [-0.1, -0.05) is 54.1 Å². The van der Waals surface area contributed by atoms with E-state index in [9.17, 15) is 9.59 Å². The zero-order valence-corrected chi connectivity index (χ0v) is 20.2. The number of halogens is 1. The summed E-state index contributed by atoms with van der Waals surface area (Å²) in [5.41, 5.74) is 3.14. The number of aryl methyl sites for hydroxylation is 2. The predicted octanol–water partition coefficient (Wildman–Crippen LogP) is 4.74. The fourth-order valence-corrected chi connectivity index (χ4v) is 4.72. The molecule has 0 radical (unpaired) electrons. The number of aromatic nitrogens is 4. The molecule has 0 spiro atoms. The summed E-state index contributed by atoms with van der Waals surface area (Å²) in [5, 5.41) is 9.07. The van der Waals surface area contributed by atoms with Gasteiger partial charge in [-0.2, -0.15) is 5.10 Å². The van der Waals surface area contributed by atoms with Crippen LogP contribution in [0.25, 0.3) is 16.4 Å². The number of hydrogen-bond donors (Lipinski definition) is 1. The number of nitrogens with zero attached hydrogens (tertiary/aromatic N) is 4. The number of benzene rings is 2. The number of carbonyl (C=O) groups is 1. The van der Waals surface area contributed by atoms with E-state index in [4.69, 9.17) is 11.6 Å². The van der Waals surface area contributed by atoms with Crippen molar-refractivity contribution >= 4 is 33.9 Å². The molecule has 1 amide bonds. The van der Waals surface area contributed by atoms with Crippen LogP contribution in [-0.2, 0) is 13.0 Å². The molecular formula is C27H24ClN5O2. The molecule has 0 bridgehead atoms. The van der Waals surface area contributed by atoms with E-state index in [2.05, 4.69) is 15.4 Å². The second-order valence-electron chi connectivity index (χ2n) is 8.51. The van der Waals surface area contributed by atoms with Crippen molar-refractivity contribution in [2.24, 2.45) is 0 Å². The molecule has 7 nitrogen and oxygen atoms in total. The molecule has 0 aliphatic heterocycles. The number of rotatable bonds is 6. The molecule has 0 saturated heterocycles. The van der Waals surface area contributed by atoms with Crippen molar-refractivity contribution in [2.45, 2.75) is 32.9 Å². The van der Waals surface area contributed by atoms with Gasteiger partial charge in [0, 0.05) is 24.6 Å². The topological polar surface area (TPSA) is 81.3 Å². The van der Waals surface area contributed by atoms with Gasteiger partial charge in [0.1, 0.15) is 5.56 Å². The summed E-state index contributed by atoms with van der Waals surface area (Å²) in [6, 6.07) is 18.6. The van der Waals surface area contributed by atoms with Gasteiger partial charge in [-0.15, -0.1) is 0 Å². The average molecular weight is 486 g/mol. The lowest BCUT2D eigenvalue weighted by molar-refractivity contribution is 0.0939. The Labute approximate surface area is 207 Å². The van der Waals surface area contributed by atoms with E-state index < -0.39 is 6.04 Å². The highest BCUT2D eigenvalue weighted by atomic mass is 35.5. The summed E-state index contributed by atoms with van der Waals surface area (Å²) in [6.45, 7) is 4.11. The molecule has 1 atom stereocenters. The van der Waals surface area contributed by atoms with Crippen LogP contribution in [0.2, 0.25) is 5.02 Å². The molecule has 8 heteroatoms. The lowest BCUT2D eigenvalue weighted by atomic mass is 10.1. The van der Waals surface area contributed by atoms with Gasteiger partial charge in [0.05, 0.1) is 22.1 Å². The van der Waals surface area contributed by atoms with Crippen LogP contribution in [0.3, 0.4) is 0 Å². The van der Waals surface area contributed by atoms with Crippen molar-refractivity contribution in [1.82, 2.24) is 24.5 Å². The molecule has 176 valence electrons. The number of carbonyl (C=O) groups excluding carboxylic acids is 1. The molecular weight excluding hydrogens is 462 g/mol. The summed E-state index contributed by atoms with van der Waals surface area (Å²) < 4.78 is 3.30. The Hall–Kier alpha value is -3.97. The normalized spacial score (nSPS) is 12.2. The number of amides is 1. The molecule has 0 saturated carbocycles. The van der Waals surface area contributed by atoms with E-state index in [1.54, 1.807) is 40.5 Å². The van der Waals surface area contributed by atoms with Crippen molar-refractivity contribution in [2.75, 3.05) is 0 Å². The van der Waals surface area contributed by atoms with Gasteiger partial charge < -0.3 is 9.88 Å². The van der Waals surface area contributed by atoms with Gasteiger partial charge in [-0.3, -0.25) is 9.59 Å². The SMILES string of the molecule is Cc1nn2cccnc2c1C(=O)N[C@@H](C)c1cc2cccc(Cl)c2c(=O)n1CCc1ccccc1. The third kappa shape index (κ3) is 4.31. The van der Waals surface area contributed by atoms with E-state index in [1.807, 2.05) is 55.5 Å². The number of fused-ring (bicyclic) bond motifs is 2. The molecule has 35 heavy (non-hydrogen) atoms. The van der Waals surface area contributed by atoms with Crippen molar-refractivity contribution in [3.05, 3.63) is 111 Å². The fourth-order valence-electron chi connectivity index (χ4n) is 4.46. The highest BCUT2D eigenvalue weighted by Gasteiger charge is 2.22. The standard InChI is InChI=1S/C27H24ClN5O2/c1-17(30-26(34)23-18(2)31-33-14-7-13-29-25(23)33)22-16-20-10-6-11-21(28)24(20)27(35)32(22)15-12-19-8-4-3-5-9-19/h3-11,13-14,16-17H,12,15H2,1-2H3,(H,30,34)/t17-/m0/s1. The molecule has 5 rings (SSSR count). The highest BCUT2D eigenvalue weighted by Crippen LogP contribution is 2.24. The van der Waals surface area contributed by atoms with Crippen LogP contribution < -0.4 is 10.9 Å². The minimum atomic E-state index is -0.451. The van der Waals surface area contributed by atoms with Gasteiger partial charge in [0.15, 0.2) is 5.65 Å². The summed E-state index contributed by atoms with van der Waals surface area (Å²) in [6.07, 6.45) is 4.05. The van der Waals surface area contributed by atoms with Crippen LogP contribution in [0.5, 0.6) is 0 Å². The summed E-state index contributed by atoms with van der Waals surface area (Å²) in [5.74, 6) is -0.294. The Bertz CT molecular complexity index is 1610. The van der Waals surface area contributed by atoms with Crippen LogP contribution in [0.15, 0.2) is 77.9 Å². The van der Waals surface area contributed by atoms with Crippen LogP contribution in [-0.4, -0.2) is 25.1 Å². The lowest BCUT2D eigenvalue weighted by Crippen LogP contribution is -2.33. The first-order valence-electron chi connectivity index (χ1n) is 11.4. The Morgan fingerprint density at radius 2 is 1.91 bits per heavy atom. The Kier molecular flexibility index (Phi) is 6.09. The molecule has 0 unspecified atom stereocenters. The smallest absolute Gasteiger partial charge is 0.260 e. The van der Waals surface area contributed by atoms with Gasteiger partial charge in [0.2, 0.25) is 0 Å². The first-order chi connectivity index (χ1) is 16.9. The molecule has 5 aromatic rings. The summed E-state index contributed by atoms with van der Waals surface area (Å²) in [4.78, 5) is 31.2.